The molecule has 0 radical (unpaired) electrons. The lowest BCUT2D eigenvalue weighted by Gasteiger charge is -2.30. The van der Waals surface area contributed by atoms with Gasteiger partial charge in [0.05, 0.1) is 5.69 Å². The molecule has 0 saturated carbocycles. The summed E-state index contributed by atoms with van der Waals surface area (Å²) in [7, 11) is 0. The van der Waals surface area contributed by atoms with Crippen molar-refractivity contribution in [2.24, 2.45) is 0 Å². The van der Waals surface area contributed by atoms with Gasteiger partial charge in [-0.1, -0.05) is 29.8 Å². The van der Waals surface area contributed by atoms with Gasteiger partial charge in [-0.2, -0.15) is 10.2 Å². The lowest BCUT2D eigenvalue weighted by atomic mass is 9.96. The van der Waals surface area contributed by atoms with Gasteiger partial charge in [-0.05, 0) is 32.8 Å². The van der Waals surface area contributed by atoms with Gasteiger partial charge in [0.1, 0.15) is 11.5 Å². The Kier molecular flexibility index (Phi) is 4.28. The molecule has 7 heteroatoms. The lowest BCUT2D eigenvalue weighted by molar-refractivity contribution is 0.0705. The van der Waals surface area contributed by atoms with Gasteiger partial charge < -0.3 is 4.90 Å². The molecule has 0 spiro atoms. The van der Waals surface area contributed by atoms with Crippen molar-refractivity contribution in [3.63, 3.8) is 0 Å². The number of hydrogen-bond donors (Lipinski definition) is 2. The summed E-state index contributed by atoms with van der Waals surface area (Å²) in [6.45, 7) is 5.36. The van der Waals surface area contributed by atoms with Crippen molar-refractivity contribution < 1.29 is 4.79 Å². The summed E-state index contributed by atoms with van der Waals surface area (Å²) in [6, 6.07) is 9.95. The Labute approximate surface area is 151 Å². The Morgan fingerprint density at radius 3 is 2.46 bits per heavy atom. The Morgan fingerprint density at radius 2 is 1.81 bits per heavy atom. The number of benzene rings is 1. The number of nitrogens with one attached hydrogen (secondary N) is 2. The van der Waals surface area contributed by atoms with E-state index in [1.165, 1.54) is 5.56 Å². The standard InChI is InChI=1S/C19H22N6O/c1-12-3-5-14(6-4-12)16-11-17(23-22-16)19(26)25-9-7-15(8-10-25)18-20-13(2)21-24-18/h3-6,11,15H,7-10H2,1-2H3,(H,22,23)(H,20,21,24). The van der Waals surface area contributed by atoms with Crippen molar-refractivity contribution >= 4 is 5.91 Å². The van der Waals surface area contributed by atoms with Crippen molar-refractivity contribution in [2.75, 3.05) is 13.1 Å². The third kappa shape index (κ3) is 3.24. The van der Waals surface area contributed by atoms with E-state index in [0.717, 1.165) is 35.7 Å². The van der Waals surface area contributed by atoms with Gasteiger partial charge in [0.15, 0.2) is 5.82 Å². The van der Waals surface area contributed by atoms with Gasteiger partial charge in [-0.3, -0.25) is 15.0 Å². The number of hydrogen-bond acceptors (Lipinski definition) is 4. The van der Waals surface area contributed by atoms with Gasteiger partial charge in [0.2, 0.25) is 0 Å². The van der Waals surface area contributed by atoms with E-state index in [9.17, 15) is 4.79 Å². The summed E-state index contributed by atoms with van der Waals surface area (Å²) in [4.78, 5) is 19.1. The molecule has 2 N–H and O–H groups in total. The molecule has 1 aromatic carbocycles. The van der Waals surface area contributed by atoms with Crippen LogP contribution in [0.1, 0.15) is 46.5 Å². The highest BCUT2D eigenvalue weighted by atomic mass is 16.2. The molecule has 1 fully saturated rings. The van der Waals surface area contributed by atoms with Gasteiger partial charge >= 0.3 is 0 Å². The third-order valence-corrected chi connectivity index (χ3v) is 4.92. The first-order chi connectivity index (χ1) is 12.6. The minimum atomic E-state index is 0.000444. The Balaban J connectivity index is 1.42. The molecule has 3 heterocycles. The maximum Gasteiger partial charge on any atom is 0.271 e. The number of carbonyl (C=O) groups excluding carboxylic acids is 1. The van der Waals surface area contributed by atoms with Crippen LogP contribution in [0.5, 0.6) is 0 Å². The molecule has 0 aliphatic carbocycles. The van der Waals surface area contributed by atoms with Crippen LogP contribution in [-0.4, -0.2) is 49.3 Å². The quantitative estimate of drug-likeness (QED) is 0.760. The molecule has 1 aliphatic heterocycles. The average Bonchev–Trinajstić information content (AvgIpc) is 3.31. The van der Waals surface area contributed by atoms with Crippen LogP contribution in [-0.2, 0) is 0 Å². The van der Waals surface area contributed by atoms with Crippen LogP contribution in [0.4, 0.5) is 0 Å². The van der Waals surface area contributed by atoms with Crippen molar-refractivity contribution in [2.45, 2.75) is 32.6 Å². The van der Waals surface area contributed by atoms with Gasteiger partial charge in [-0.15, -0.1) is 0 Å². The molecule has 1 saturated heterocycles. The minimum absolute atomic E-state index is 0.000444. The van der Waals surface area contributed by atoms with Gasteiger partial charge in [-0.25, -0.2) is 4.98 Å². The monoisotopic (exact) mass is 350 g/mol. The number of aromatic nitrogens is 5. The van der Waals surface area contributed by atoms with E-state index in [-0.39, 0.29) is 5.91 Å². The largest absolute Gasteiger partial charge is 0.337 e. The first kappa shape index (κ1) is 16.5. The van der Waals surface area contributed by atoms with Gasteiger partial charge in [0, 0.05) is 24.6 Å². The molecule has 0 bridgehead atoms. The topological polar surface area (TPSA) is 90.6 Å². The molecule has 1 aliphatic rings. The van der Waals surface area contributed by atoms with E-state index >= 15 is 0 Å². The van der Waals surface area contributed by atoms with Crippen LogP contribution in [0.2, 0.25) is 0 Å². The van der Waals surface area contributed by atoms with Crippen LogP contribution < -0.4 is 0 Å². The molecule has 0 atom stereocenters. The fraction of sp³-hybridized carbons (Fsp3) is 0.368. The van der Waals surface area contributed by atoms with Crippen molar-refractivity contribution in [1.29, 1.82) is 0 Å². The Morgan fingerprint density at radius 1 is 1.08 bits per heavy atom. The van der Waals surface area contributed by atoms with Gasteiger partial charge in [0.25, 0.3) is 5.91 Å². The number of likely N-dealkylation sites (tertiary alicyclic amines) is 1. The minimum Gasteiger partial charge on any atom is -0.337 e. The maximum absolute atomic E-state index is 12.8. The third-order valence-electron chi connectivity index (χ3n) is 4.92. The summed E-state index contributed by atoms with van der Waals surface area (Å²) in [6.07, 6.45) is 1.75. The van der Waals surface area contributed by atoms with E-state index in [4.69, 9.17) is 0 Å². The van der Waals surface area contributed by atoms with E-state index in [0.29, 0.717) is 24.7 Å². The second kappa shape index (κ2) is 6.74. The fourth-order valence-corrected chi connectivity index (χ4v) is 3.36. The zero-order valence-corrected chi connectivity index (χ0v) is 15.0. The zero-order valence-electron chi connectivity index (χ0n) is 15.0. The number of nitrogens with zero attached hydrogens (tertiary/aromatic N) is 4. The van der Waals surface area contributed by atoms with Crippen molar-refractivity contribution in [3.05, 3.63) is 53.2 Å². The number of amides is 1. The van der Waals surface area contributed by atoms with Crippen molar-refractivity contribution in [1.82, 2.24) is 30.3 Å². The molecule has 2 aromatic heterocycles. The number of aromatic amines is 2. The van der Waals surface area contributed by atoms with Crippen LogP contribution in [0.15, 0.2) is 30.3 Å². The predicted octanol–water partition coefficient (Wildman–Crippen LogP) is 2.83. The summed E-state index contributed by atoms with van der Waals surface area (Å²) < 4.78 is 0. The first-order valence-electron chi connectivity index (χ1n) is 8.91. The highest BCUT2D eigenvalue weighted by Gasteiger charge is 2.27. The first-order valence-corrected chi connectivity index (χ1v) is 8.91. The van der Waals surface area contributed by atoms with E-state index in [1.807, 2.05) is 49.1 Å². The molecule has 3 aromatic rings. The molecule has 4 rings (SSSR count). The second-order valence-electron chi connectivity index (χ2n) is 6.88. The molecular weight excluding hydrogens is 328 g/mol. The smallest absolute Gasteiger partial charge is 0.271 e. The summed E-state index contributed by atoms with van der Waals surface area (Å²) in [5.41, 5.74) is 3.53. The molecule has 134 valence electrons. The number of rotatable bonds is 3. The highest BCUT2D eigenvalue weighted by Crippen LogP contribution is 2.26. The highest BCUT2D eigenvalue weighted by molar-refractivity contribution is 5.93. The summed E-state index contributed by atoms with van der Waals surface area (Å²) in [5.74, 6) is 2.01. The van der Waals surface area contributed by atoms with Crippen LogP contribution in [0.3, 0.4) is 0 Å². The Bertz CT molecular complexity index is 902. The number of carbonyl (C=O) groups is 1. The maximum atomic E-state index is 12.8. The number of H-pyrrole nitrogens is 2. The normalized spacial score (nSPS) is 15.4. The van der Waals surface area contributed by atoms with Crippen LogP contribution in [0, 0.1) is 13.8 Å². The lowest BCUT2D eigenvalue weighted by Crippen LogP contribution is -2.38. The van der Waals surface area contributed by atoms with E-state index in [2.05, 4.69) is 25.4 Å². The number of aryl methyl sites for hydroxylation is 2. The SMILES string of the molecule is Cc1ccc(-c2cc(C(=O)N3CCC(c4n[nH]c(C)n4)CC3)[nH]n2)cc1. The van der Waals surface area contributed by atoms with Crippen molar-refractivity contribution in [3.8, 4) is 11.3 Å². The van der Waals surface area contributed by atoms with Crippen LogP contribution >= 0.6 is 0 Å². The van der Waals surface area contributed by atoms with E-state index in [1.54, 1.807) is 0 Å². The molecule has 1 amide bonds. The van der Waals surface area contributed by atoms with E-state index < -0.39 is 0 Å². The summed E-state index contributed by atoms with van der Waals surface area (Å²) in [5, 5.41) is 14.3. The molecule has 7 nitrogen and oxygen atoms in total. The molecule has 26 heavy (non-hydrogen) atoms. The fourth-order valence-electron chi connectivity index (χ4n) is 3.36. The zero-order chi connectivity index (χ0) is 18.1. The summed E-state index contributed by atoms with van der Waals surface area (Å²) >= 11 is 0. The van der Waals surface area contributed by atoms with Crippen LogP contribution in [0.25, 0.3) is 11.3 Å². The second-order valence-corrected chi connectivity index (χ2v) is 6.88. The molecule has 0 unspecified atom stereocenters. The predicted molar refractivity (Wildman–Crippen MR) is 97.8 cm³/mol. The number of piperidine rings is 1. The average molecular weight is 350 g/mol. The molecular formula is C19H22N6O. The Hall–Kier alpha value is -2.96.